The van der Waals surface area contributed by atoms with Gasteiger partial charge in [0.1, 0.15) is 5.75 Å². The normalized spacial score (nSPS) is 12.4. The summed E-state index contributed by atoms with van der Waals surface area (Å²) in [5.41, 5.74) is 9.14. The van der Waals surface area contributed by atoms with E-state index in [4.69, 9.17) is 5.73 Å². The number of hydrogen-bond acceptors (Lipinski definition) is 2. The van der Waals surface area contributed by atoms with Crippen molar-refractivity contribution in [2.24, 2.45) is 5.73 Å². The number of hydrogen-bond donors (Lipinski definition) is 2. The molecule has 2 heteroatoms. The molecular formula is C14H15NO. The van der Waals surface area contributed by atoms with Crippen LogP contribution in [0.5, 0.6) is 5.75 Å². The van der Waals surface area contributed by atoms with E-state index in [1.54, 1.807) is 12.1 Å². The topological polar surface area (TPSA) is 46.2 Å². The lowest BCUT2D eigenvalue weighted by molar-refractivity contribution is 0.475. The number of aromatic hydroxyl groups is 1. The molecule has 16 heavy (non-hydrogen) atoms. The maximum absolute atomic E-state index is 9.20. The van der Waals surface area contributed by atoms with Crippen LogP contribution in [0.2, 0.25) is 0 Å². The van der Waals surface area contributed by atoms with E-state index < -0.39 is 0 Å². The van der Waals surface area contributed by atoms with E-state index in [2.05, 4.69) is 0 Å². The van der Waals surface area contributed by atoms with Gasteiger partial charge in [0, 0.05) is 6.04 Å². The van der Waals surface area contributed by atoms with Gasteiger partial charge in [-0.3, -0.25) is 0 Å². The molecule has 0 fully saturated rings. The van der Waals surface area contributed by atoms with Crippen LogP contribution in [0.15, 0.2) is 48.5 Å². The molecule has 1 atom stereocenters. The minimum absolute atomic E-state index is 0.0638. The first-order valence-corrected chi connectivity index (χ1v) is 5.32. The highest BCUT2D eigenvalue weighted by molar-refractivity contribution is 5.64. The summed E-state index contributed by atoms with van der Waals surface area (Å²) in [7, 11) is 0. The Balaban J connectivity index is 2.31. The molecule has 0 saturated heterocycles. The summed E-state index contributed by atoms with van der Waals surface area (Å²) in [6.07, 6.45) is 0. The zero-order valence-electron chi connectivity index (χ0n) is 9.22. The summed E-state index contributed by atoms with van der Waals surface area (Å²) in [5, 5.41) is 9.20. The molecule has 82 valence electrons. The Labute approximate surface area is 95.4 Å². The van der Waals surface area contributed by atoms with Crippen LogP contribution >= 0.6 is 0 Å². The van der Waals surface area contributed by atoms with E-state index in [1.165, 1.54) is 0 Å². The van der Waals surface area contributed by atoms with Gasteiger partial charge in [-0.1, -0.05) is 36.4 Å². The van der Waals surface area contributed by atoms with Gasteiger partial charge < -0.3 is 10.8 Å². The van der Waals surface area contributed by atoms with Crippen molar-refractivity contribution in [3.63, 3.8) is 0 Å². The molecule has 2 nitrogen and oxygen atoms in total. The van der Waals surface area contributed by atoms with Gasteiger partial charge in [0.15, 0.2) is 0 Å². The molecule has 0 aliphatic heterocycles. The molecule has 0 aromatic heterocycles. The second kappa shape index (κ2) is 4.37. The lowest BCUT2D eigenvalue weighted by Crippen LogP contribution is -2.04. The van der Waals surface area contributed by atoms with Crippen LogP contribution in [0.4, 0.5) is 0 Å². The molecule has 0 bridgehead atoms. The van der Waals surface area contributed by atoms with E-state index in [-0.39, 0.29) is 11.8 Å². The van der Waals surface area contributed by atoms with E-state index in [1.807, 2.05) is 43.3 Å². The van der Waals surface area contributed by atoms with Gasteiger partial charge in [0.25, 0.3) is 0 Å². The number of benzene rings is 2. The van der Waals surface area contributed by atoms with Crippen LogP contribution in [0.25, 0.3) is 11.1 Å². The summed E-state index contributed by atoms with van der Waals surface area (Å²) < 4.78 is 0. The Morgan fingerprint density at radius 3 is 1.75 bits per heavy atom. The van der Waals surface area contributed by atoms with Crippen molar-refractivity contribution < 1.29 is 5.11 Å². The van der Waals surface area contributed by atoms with E-state index >= 15 is 0 Å². The first kappa shape index (κ1) is 10.7. The third kappa shape index (κ3) is 2.23. The highest BCUT2D eigenvalue weighted by Gasteiger charge is 2.00. The molecule has 2 aromatic rings. The summed E-state index contributed by atoms with van der Waals surface area (Å²) in [6.45, 7) is 1.97. The molecule has 1 unspecified atom stereocenters. The number of rotatable bonds is 2. The van der Waals surface area contributed by atoms with Gasteiger partial charge in [0.05, 0.1) is 0 Å². The van der Waals surface area contributed by atoms with Gasteiger partial charge in [-0.15, -0.1) is 0 Å². The average molecular weight is 213 g/mol. The smallest absolute Gasteiger partial charge is 0.115 e. The average Bonchev–Trinajstić information content (AvgIpc) is 2.30. The standard InChI is InChI=1S/C14H15NO/c1-10(15)11-2-4-12(5-3-11)13-6-8-14(16)9-7-13/h2-10,16H,15H2,1H3. The van der Waals surface area contributed by atoms with Crippen LogP contribution in [0, 0.1) is 0 Å². The quantitative estimate of drug-likeness (QED) is 0.805. The van der Waals surface area contributed by atoms with Crippen LogP contribution < -0.4 is 5.73 Å². The fraction of sp³-hybridized carbons (Fsp3) is 0.143. The lowest BCUT2D eigenvalue weighted by Gasteiger charge is -2.07. The van der Waals surface area contributed by atoms with Gasteiger partial charge >= 0.3 is 0 Å². The summed E-state index contributed by atoms with van der Waals surface area (Å²) in [6, 6.07) is 15.4. The molecule has 0 aliphatic carbocycles. The molecule has 0 saturated carbocycles. The van der Waals surface area contributed by atoms with Crippen molar-refractivity contribution in [3.05, 3.63) is 54.1 Å². The highest BCUT2D eigenvalue weighted by atomic mass is 16.3. The SMILES string of the molecule is CC(N)c1ccc(-c2ccc(O)cc2)cc1. The predicted molar refractivity (Wildman–Crippen MR) is 66.1 cm³/mol. The van der Waals surface area contributed by atoms with E-state index in [0.29, 0.717) is 0 Å². The molecule has 3 N–H and O–H groups in total. The van der Waals surface area contributed by atoms with Crippen molar-refractivity contribution in [1.29, 1.82) is 0 Å². The Morgan fingerprint density at radius 1 is 0.875 bits per heavy atom. The van der Waals surface area contributed by atoms with Crippen LogP contribution in [0.1, 0.15) is 18.5 Å². The van der Waals surface area contributed by atoms with Crippen molar-refractivity contribution >= 4 is 0 Å². The maximum Gasteiger partial charge on any atom is 0.115 e. The van der Waals surface area contributed by atoms with Gasteiger partial charge in [0.2, 0.25) is 0 Å². The zero-order chi connectivity index (χ0) is 11.5. The molecular weight excluding hydrogens is 198 g/mol. The Bertz CT molecular complexity index is 457. The zero-order valence-corrected chi connectivity index (χ0v) is 9.22. The second-order valence-corrected chi connectivity index (χ2v) is 3.96. The summed E-state index contributed by atoms with van der Waals surface area (Å²) in [4.78, 5) is 0. The fourth-order valence-corrected chi connectivity index (χ4v) is 1.63. The lowest BCUT2D eigenvalue weighted by atomic mass is 10.0. The number of nitrogens with two attached hydrogens (primary N) is 1. The van der Waals surface area contributed by atoms with Crippen LogP contribution in [-0.2, 0) is 0 Å². The highest BCUT2D eigenvalue weighted by Crippen LogP contribution is 2.23. The van der Waals surface area contributed by atoms with Gasteiger partial charge in [-0.05, 0) is 35.7 Å². The molecule has 0 radical (unpaired) electrons. The van der Waals surface area contributed by atoms with E-state index in [0.717, 1.165) is 16.7 Å². The minimum Gasteiger partial charge on any atom is -0.508 e. The van der Waals surface area contributed by atoms with E-state index in [9.17, 15) is 5.11 Å². The Morgan fingerprint density at radius 2 is 1.31 bits per heavy atom. The third-order valence-electron chi connectivity index (χ3n) is 2.64. The monoisotopic (exact) mass is 213 g/mol. The molecule has 2 rings (SSSR count). The summed E-state index contributed by atoms with van der Waals surface area (Å²) in [5.74, 6) is 0.288. The largest absolute Gasteiger partial charge is 0.508 e. The van der Waals surface area contributed by atoms with Crippen LogP contribution in [0.3, 0.4) is 0 Å². The van der Waals surface area contributed by atoms with Crippen molar-refractivity contribution in [3.8, 4) is 16.9 Å². The van der Waals surface area contributed by atoms with Crippen LogP contribution in [-0.4, -0.2) is 5.11 Å². The molecule has 0 spiro atoms. The molecule has 0 amide bonds. The first-order valence-electron chi connectivity index (χ1n) is 5.32. The van der Waals surface area contributed by atoms with Crippen molar-refractivity contribution in [1.82, 2.24) is 0 Å². The predicted octanol–water partition coefficient (Wildman–Crippen LogP) is 3.08. The third-order valence-corrected chi connectivity index (χ3v) is 2.64. The number of phenols is 1. The van der Waals surface area contributed by atoms with Crippen molar-refractivity contribution in [2.75, 3.05) is 0 Å². The molecule has 0 heterocycles. The fourth-order valence-electron chi connectivity index (χ4n) is 1.63. The van der Waals surface area contributed by atoms with Crippen molar-refractivity contribution in [2.45, 2.75) is 13.0 Å². The minimum atomic E-state index is 0.0638. The molecule has 0 aliphatic rings. The Kier molecular flexibility index (Phi) is 2.93. The number of phenolic OH excluding ortho intramolecular Hbond substituents is 1. The van der Waals surface area contributed by atoms with Gasteiger partial charge in [-0.25, -0.2) is 0 Å². The second-order valence-electron chi connectivity index (χ2n) is 3.96. The Hall–Kier alpha value is -1.80. The maximum atomic E-state index is 9.20. The van der Waals surface area contributed by atoms with Gasteiger partial charge in [-0.2, -0.15) is 0 Å². The first-order chi connectivity index (χ1) is 7.66. The molecule has 2 aromatic carbocycles. The summed E-state index contributed by atoms with van der Waals surface area (Å²) >= 11 is 0.